The number of anilines is 2. The maximum atomic E-state index is 12.3. The van der Waals surface area contributed by atoms with Gasteiger partial charge in [0.25, 0.3) is 5.91 Å². The summed E-state index contributed by atoms with van der Waals surface area (Å²) in [6.45, 7) is 1.85. The summed E-state index contributed by atoms with van der Waals surface area (Å²) >= 11 is 5.96. The highest BCUT2D eigenvalue weighted by Gasteiger charge is 2.24. The third-order valence-corrected chi connectivity index (χ3v) is 4.88. The smallest absolute Gasteiger partial charge is 0.303 e. The van der Waals surface area contributed by atoms with E-state index in [9.17, 15) is 13.2 Å². The highest BCUT2D eigenvalue weighted by atomic mass is 35.5. The van der Waals surface area contributed by atoms with Gasteiger partial charge in [-0.3, -0.25) is 9.69 Å². The minimum atomic E-state index is -3.75. The van der Waals surface area contributed by atoms with Crippen molar-refractivity contribution in [2.75, 3.05) is 11.2 Å². The van der Waals surface area contributed by atoms with Gasteiger partial charge in [-0.15, -0.1) is 0 Å². The van der Waals surface area contributed by atoms with Gasteiger partial charge in [-0.2, -0.15) is 10.2 Å². The first-order valence-corrected chi connectivity index (χ1v) is 10.9. The quantitative estimate of drug-likeness (QED) is 0.618. The molecule has 0 bridgehead atoms. The number of rotatable bonds is 6. The molecule has 30 heavy (non-hydrogen) atoms. The molecule has 1 heterocycles. The molecule has 0 saturated carbocycles. The molecular weight excluding hydrogens is 428 g/mol. The number of aryl methyl sites for hydroxylation is 1. The van der Waals surface area contributed by atoms with E-state index < -0.39 is 15.9 Å². The van der Waals surface area contributed by atoms with E-state index in [-0.39, 0.29) is 17.5 Å². The maximum Gasteiger partial charge on any atom is 0.303 e. The number of carbonyl (C=O) groups excluding carboxylic acids is 1. The Bertz CT molecular complexity index is 1210. The second kappa shape index (κ2) is 8.57. The first-order chi connectivity index (χ1) is 14.2. The average molecular weight is 445 g/mol. The summed E-state index contributed by atoms with van der Waals surface area (Å²) in [6, 6.07) is 16.1. The summed E-state index contributed by atoms with van der Waals surface area (Å²) in [5.74, 6) is -0.711. The van der Waals surface area contributed by atoms with Gasteiger partial charge in [0.2, 0.25) is 10.0 Å². The number of hydrogen-bond donors (Lipinski definition) is 1. The van der Waals surface area contributed by atoms with Crippen molar-refractivity contribution < 1.29 is 17.6 Å². The van der Waals surface area contributed by atoms with E-state index >= 15 is 0 Å². The zero-order valence-electron chi connectivity index (χ0n) is 16.1. The van der Waals surface area contributed by atoms with Crippen molar-refractivity contribution in [1.29, 1.82) is 5.26 Å². The molecule has 3 aromatic rings. The number of aromatic nitrogens is 1. The van der Waals surface area contributed by atoms with Crippen LogP contribution in [0.1, 0.15) is 27.4 Å². The largest absolute Gasteiger partial charge is 0.428 e. The third-order valence-electron chi connectivity index (χ3n) is 4.07. The molecule has 0 atom stereocenters. The average Bonchev–Trinajstić information content (AvgIpc) is 3.08. The van der Waals surface area contributed by atoms with Crippen molar-refractivity contribution in [1.82, 2.24) is 9.71 Å². The minimum Gasteiger partial charge on any atom is -0.428 e. The van der Waals surface area contributed by atoms with Crippen LogP contribution in [0.2, 0.25) is 5.02 Å². The van der Waals surface area contributed by atoms with Crippen LogP contribution in [0.15, 0.2) is 52.9 Å². The van der Waals surface area contributed by atoms with Crippen molar-refractivity contribution in [3.8, 4) is 6.07 Å². The van der Waals surface area contributed by atoms with E-state index in [2.05, 4.69) is 11.1 Å². The van der Waals surface area contributed by atoms with E-state index in [0.29, 0.717) is 22.8 Å². The van der Waals surface area contributed by atoms with Crippen molar-refractivity contribution >= 4 is 39.2 Å². The Hall–Kier alpha value is -3.35. The fraction of sp³-hybridized carbons (Fsp3) is 0.150. The lowest BCUT2D eigenvalue weighted by atomic mass is 10.1. The zero-order chi connectivity index (χ0) is 21.9. The molecule has 0 saturated heterocycles. The van der Waals surface area contributed by atoms with Crippen LogP contribution in [0.5, 0.6) is 0 Å². The van der Waals surface area contributed by atoms with Crippen LogP contribution in [0.25, 0.3) is 0 Å². The molecule has 3 rings (SSSR count). The summed E-state index contributed by atoms with van der Waals surface area (Å²) in [7, 11) is -3.75. The second-order valence-electron chi connectivity index (χ2n) is 6.48. The summed E-state index contributed by atoms with van der Waals surface area (Å²) in [4.78, 5) is 18.2. The molecule has 1 N–H and O–H groups in total. The van der Waals surface area contributed by atoms with Crippen LogP contribution >= 0.6 is 11.6 Å². The topological polar surface area (TPSA) is 116 Å². The number of carbonyl (C=O) groups is 1. The molecule has 8 nitrogen and oxygen atoms in total. The summed E-state index contributed by atoms with van der Waals surface area (Å²) < 4.78 is 30.3. The molecule has 1 amide bonds. The van der Waals surface area contributed by atoms with Crippen LogP contribution in [-0.2, 0) is 16.6 Å². The highest BCUT2D eigenvalue weighted by molar-refractivity contribution is 7.89. The van der Waals surface area contributed by atoms with Gasteiger partial charge in [-0.1, -0.05) is 23.7 Å². The lowest BCUT2D eigenvalue weighted by Gasteiger charge is -2.21. The molecule has 0 aliphatic carbocycles. The number of oxazole rings is 1. The number of nitrogens with zero attached hydrogens (tertiary/aromatic N) is 3. The first kappa shape index (κ1) is 21.4. The maximum absolute atomic E-state index is 12.3. The van der Waals surface area contributed by atoms with E-state index in [1.165, 1.54) is 6.92 Å². The van der Waals surface area contributed by atoms with E-state index in [1.807, 2.05) is 16.9 Å². The SMILES string of the molecule is Cc1oc(N(Cc2ccc(Cl)cc2)c2ccc(C#N)cc2)nc1C(=O)NS(C)(=O)=O. The zero-order valence-corrected chi connectivity index (χ0v) is 17.7. The molecular formula is C20H17ClN4O4S. The normalized spacial score (nSPS) is 11.0. The van der Waals surface area contributed by atoms with Gasteiger partial charge < -0.3 is 4.42 Å². The van der Waals surface area contributed by atoms with Gasteiger partial charge in [0, 0.05) is 10.7 Å². The Labute approximate surface area is 178 Å². The number of benzene rings is 2. The fourth-order valence-corrected chi connectivity index (χ4v) is 3.24. The van der Waals surface area contributed by atoms with Crippen molar-refractivity contribution in [3.63, 3.8) is 0 Å². The summed E-state index contributed by atoms with van der Waals surface area (Å²) in [6.07, 6.45) is 0.880. The monoisotopic (exact) mass is 444 g/mol. The van der Waals surface area contributed by atoms with E-state index in [4.69, 9.17) is 21.3 Å². The number of nitriles is 1. The molecule has 1 aromatic heterocycles. The molecule has 0 aliphatic heterocycles. The molecule has 0 spiro atoms. The Morgan fingerprint density at radius 2 is 1.83 bits per heavy atom. The fourth-order valence-electron chi connectivity index (χ4n) is 2.68. The minimum absolute atomic E-state index is 0.103. The third kappa shape index (κ3) is 5.17. The number of amides is 1. The number of hydrogen-bond acceptors (Lipinski definition) is 7. The molecule has 0 unspecified atom stereocenters. The van der Waals surface area contributed by atoms with Crippen LogP contribution < -0.4 is 9.62 Å². The van der Waals surface area contributed by atoms with Gasteiger partial charge in [0.1, 0.15) is 5.76 Å². The molecule has 0 aliphatic rings. The van der Waals surface area contributed by atoms with E-state index in [1.54, 1.807) is 41.3 Å². The Morgan fingerprint density at radius 3 is 2.40 bits per heavy atom. The predicted molar refractivity (Wildman–Crippen MR) is 112 cm³/mol. The first-order valence-electron chi connectivity index (χ1n) is 8.68. The Morgan fingerprint density at radius 1 is 1.20 bits per heavy atom. The second-order valence-corrected chi connectivity index (χ2v) is 8.66. The number of nitrogens with one attached hydrogen (secondary N) is 1. The van der Waals surface area contributed by atoms with E-state index in [0.717, 1.165) is 11.8 Å². The van der Waals surface area contributed by atoms with Crippen LogP contribution in [-0.4, -0.2) is 25.6 Å². The molecule has 0 fully saturated rings. The van der Waals surface area contributed by atoms with Gasteiger partial charge in [0.05, 0.1) is 24.4 Å². The lowest BCUT2D eigenvalue weighted by molar-refractivity contribution is 0.0976. The van der Waals surface area contributed by atoms with Crippen LogP contribution in [0.4, 0.5) is 11.7 Å². The standard InChI is InChI=1S/C20H17ClN4O4S/c1-13-18(19(26)24-30(2,27)28)23-20(29-13)25(12-15-3-7-16(21)8-4-15)17-9-5-14(11-22)6-10-17/h3-10H,12H2,1-2H3,(H,24,26). The Kier molecular flexibility index (Phi) is 6.10. The van der Waals surface area contributed by atoms with Crippen LogP contribution in [0.3, 0.4) is 0 Å². The van der Waals surface area contributed by atoms with Gasteiger partial charge in [-0.25, -0.2) is 13.1 Å². The summed E-state index contributed by atoms with van der Waals surface area (Å²) in [5.41, 5.74) is 1.91. The lowest BCUT2D eigenvalue weighted by Crippen LogP contribution is -2.30. The van der Waals surface area contributed by atoms with Gasteiger partial charge in [-0.05, 0) is 48.9 Å². The van der Waals surface area contributed by atoms with Crippen molar-refractivity contribution in [2.45, 2.75) is 13.5 Å². The summed E-state index contributed by atoms with van der Waals surface area (Å²) in [5, 5.41) is 9.63. The number of halogens is 1. The molecule has 154 valence electrons. The molecule has 10 heteroatoms. The van der Waals surface area contributed by atoms with Crippen molar-refractivity contribution in [2.24, 2.45) is 0 Å². The number of sulfonamides is 1. The van der Waals surface area contributed by atoms with Gasteiger partial charge in [0.15, 0.2) is 5.69 Å². The molecule has 0 radical (unpaired) electrons. The Balaban J connectivity index is 2.01. The van der Waals surface area contributed by atoms with Crippen LogP contribution in [0, 0.1) is 18.3 Å². The van der Waals surface area contributed by atoms with Gasteiger partial charge >= 0.3 is 6.01 Å². The highest BCUT2D eigenvalue weighted by Crippen LogP contribution is 2.29. The molecule has 2 aromatic carbocycles. The van der Waals surface area contributed by atoms with Crippen molar-refractivity contribution in [3.05, 3.63) is 76.1 Å². The predicted octanol–water partition coefficient (Wildman–Crippen LogP) is 3.54.